The van der Waals surface area contributed by atoms with Crippen molar-refractivity contribution in [1.29, 1.82) is 5.26 Å². The van der Waals surface area contributed by atoms with Crippen LogP contribution in [0.4, 0.5) is 0 Å². The van der Waals surface area contributed by atoms with Gasteiger partial charge in [-0.3, -0.25) is 0 Å². The Morgan fingerprint density at radius 2 is 2.06 bits per heavy atom. The standard InChI is InChI=1S/C11H14N4O/c1-2-16-9-5-3-8(4-6-9)11(13)10(7-12)15-14/h3-6,15H,2,13-14H2,1H3/b11-10-. The molecule has 84 valence electrons. The van der Waals surface area contributed by atoms with Gasteiger partial charge in [-0.1, -0.05) is 0 Å². The first-order chi connectivity index (χ1) is 7.72. The Bertz CT molecular complexity index is 417. The smallest absolute Gasteiger partial charge is 0.151 e. The van der Waals surface area contributed by atoms with Crippen LogP contribution in [0.5, 0.6) is 5.75 Å². The Hall–Kier alpha value is -2.19. The fraction of sp³-hybridized carbons (Fsp3) is 0.182. The van der Waals surface area contributed by atoms with Crippen LogP contribution in [0.25, 0.3) is 5.70 Å². The molecule has 5 N–H and O–H groups in total. The number of ether oxygens (including phenoxy) is 1. The van der Waals surface area contributed by atoms with Crippen molar-refractivity contribution in [3.8, 4) is 11.8 Å². The van der Waals surface area contributed by atoms with Crippen LogP contribution in [0.1, 0.15) is 12.5 Å². The predicted molar refractivity (Wildman–Crippen MR) is 61.7 cm³/mol. The van der Waals surface area contributed by atoms with Gasteiger partial charge in [-0.2, -0.15) is 5.26 Å². The molecule has 0 unspecified atom stereocenters. The van der Waals surface area contributed by atoms with Crippen molar-refractivity contribution in [1.82, 2.24) is 5.43 Å². The lowest BCUT2D eigenvalue weighted by atomic mass is 10.1. The second kappa shape index (κ2) is 5.63. The Balaban J connectivity index is 2.98. The molecule has 5 nitrogen and oxygen atoms in total. The molecule has 0 aliphatic carbocycles. The summed E-state index contributed by atoms with van der Waals surface area (Å²) >= 11 is 0. The topological polar surface area (TPSA) is 97.1 Å². The fourth-order valence-electron chi connectivity index (χ4n) is 1.21. The first-order valence-corrected chi connectivity index (χ1v) is 4.82. The molecule has 0 bridgehead atoms. The lowest BCUT2D eigenvalue weighted by molar-refractivity contribution is 0.340. The molecule has 0 amide bonds. The number of nitrogens with one attached hydrogen (secondary N) is 1. The van der Waals surface area contributed by atoms with Crippen molar-refractivity contribution in [3.05, 3.63) is 35.5 Å². The lowest BCUT2D eigenvalue weighted by Crippen LogP contribution is -2.23. The first-order valence-electron chi connectivity index (χ1n) is 4.82. The van der Waals surface area contributed by atoms with E-state index in [1.54, 1.807) is 24.3 Å². The van der Waals surface area contributed by atoms with Gasteiger partial charge in [0.05, 0.1) is 12.3 Å². The van der Waals surface area contributed by atoms with Gasteiger partial charge in [0.1, 0.15) is 11.8 Å². The fourth-order valence-corrected chi connectivity index (χ4v) is 1.21. The summed E-state index contributed by atoms with van der Waals surface area (Å²) in [5.74, 6) is 5.93. The molecule has 0 spiro atoms. The average molecular weight is 218 g/mol. The van der Waals surface area contributed by atoms with E-state index in [1.807, 2.05) is 13.0 Å². The van der Waals surface area contributed by atoms with Gasteiger partial charge in [0.2, 0.25) is 0 Å². The van der Waals surface area contributed by atoms with Gasteiger partial charge in [0, 0.05) is 5.56 Å². The molecule has 1 aromatic carbocycles. The molecule has 0 radical (unpaired) electrons. The van der Waals surface area contributed by atoms with E-state index in [1.165, 1.54) is 0 Å². The zero-order chi connectivity index (χ0) is 12.0. The Morgan fingerprint density at radius 1 is 1.44 bits per heavy atom. The largest absolute Gasteiger partial charge is 0.494 e. The number of benzene rings is 1. The van der Waals surface area contributed by atoms with Crippen LogP contribution in [-0.2, 0) is 0 Å². The molecule has 5 heteroatoms. The van der Waals surface area contributed by atoms with Crippen molar-refractivity contribution in [3.63, 3.8) is 0 Å². The van der Waals surface area contributed by atoms with Gasteiger partial charge < -0.3 is 15.9 Å². The second-order valence-corrected chi connectivity index (χ2v) is 3.00. The minimum atomic E-state index is 0.143. The van der Waals surface area contributed by atoms with Gasteiger partial charge in [0.15, 0.2) is 5.70 Å². The third-order valence-electron chi connectivity index (χ3n) is 2.00. The highest BCUT2D eigenvalue weighted by Crippen LogP contribution is 2.17. The van der Waals surface area contributed by atoms with E-state index in [9.17, 15) is 0 Å². The zero-order valence-electron chi connectivity index (χ0n) is 9.03. The molecule has 1 aromatic rings. The van der Waals surface area contributed by atoms with Crippen LogP contribution in [-0.4, -0.2) is 6.61 Å². The highest BCUT2D eigenvalue weighted by Gasteiger charge is 2.04. The van der Waals surface area contributed by atoms with Crippen molar-refractivity contribution < 1.29 is 4.74 Å². The van der Waals surface area contributed by atoms with E-state index in [2.05, 4.69) is 5.43 Å². The van der Waals surface area contributed by atoms with Crippen molar-refractivity contribution in [2.45, 2.75) is 6.92 Å². The number of rotatable bonds is 4. The van der Waals surface area contributed by atoms with E-state index >= 15 is 0 Å². The SMILES string of the molecule is CCOc1ccc(/C(N)=C(\C#N)NN)cc1. The maximum atomic E-state index is 8.74. The highest BCUT2D eigenvalue weighted by atomic mass is 16.5. The number of hydrazine groups is 1. The Labute approximate surface area is 94.3 Å². The van der Waals surface area contributed by atoms with E-state index < -0.39 is 0 Å². The Morgan fingerprint density at radius 3 is 2.50 bits per heavy atom. The van der Waals surface area contributed by atoms with Crippen LogP contribution >= 0.6 is 0 Å². The summed E-state index contributed by atoms with van der Waals surface area (Å²) in [4.78, 5) is 0. The summed E-state index contributed by atoms with van der Waals surface area (Å²) in [6, 6.07) is 9.00. The number of nitrogens with zero attached hydrogens (tertiary/aromatic N) is 1. The monoisotopic (exact) mass is 218 g/mol. The van der Waals surface area contributed by atoms with Crippen molar-refractivity contribution in [2.24, 2.45) is 11.6 Å². The number of nitriles is 1. The maximum absolute atomic E-state index is 8.74. The minimum absolute atomic E-state index is 0.143. The highest BCUT2D eigenvalue weighted by molar-refractivity contribution is 5.68. The van der Waals surface area contributed by atoms with Gasteiger partial charge >= 0.3 is 0 Å². The lowest BCUT2D eigenvalue weighted by Gasteiger charge is -2.07. The normalized spacial score (nSPS) is 11.3. The van der Waals surface area contributed by atoms with Crippen LogP contribution in [0.3, 0.4) is 0 Å². The molecule has 0 heterocycles. The summed E-state index contributed by atoms with van der Waals surface area (Å²) < 4.78 is 5.29. The van der Waals surface area contributed by atoms with Crippen LogP contribution in [0, 0.1) is 11.3 Å². The number of hydrogen-bond donors (Lipinski definition) is 3. The summed E-state index contributed by atoms with van der Waals surface area (Å²) in [5.41, 5.74) is 9.19. The molecule has 16 heavy (non-hydrogen) atoms. The van der Waals surface area contributed by atoms with Crippen LogP contribution < -0.4 is 21.7 Å². The molecular formula is C11H14N4O. The van der Waals surface area contributed by atoms with Crippen molar-refractivity contribution >= 4 is 5.70 Å². The number of allylic oxidation sites excluding steroid dienone is 1. The van der Waals surface area contributed by atoms with Gasteiger partial charge in [0.25, 0.3) is 0 Å². The third-order valence-corrected chi connectivity index (χ3v) is 2.00. The van der Waals surface area contributed by atoms with E-state index in [0.29, 0.717) is 12.3 Å². The predicted octanol–water partition coefficient (Wildman–Crippen LogP) is 0.699. The van der Waals surface area contributed by atoms with E-state index in [-0.39, 0.29) is 5.70 Å². The molecular weight excluding hydrogens is 204 g/mol. The average Bonchev–Trinajstić information content (AvgIpc) is 2.32. The quantitative estimate of drug-likeness (QED) is 0.392. The second-order valence-electron chi connectivity index (χ2n) is 3.00. The molecule has 0 saturated heterocycles. The van der Waals surface area contributed by atoms with Crippen LogP contribution in [0.2, 0.25) is 0 Å². The van der Waals surface area contributed by atoms with E-state index in [4.69, 9.17) is 21.6 Å². The summed E-state index contributed by atoms with van der Waals surface area (Å²) in [7, 11) is 0. The van der Waals surface area contributed by atoms with Crippen LogP contribution in [0.15, 0.2) is 30.0 Å². The number of nitrogens with two attached hydrogens (primary N) is 2. The van der Waals surface area contributed by atoms with E-state index in [0.717, 1.165) is 11.3 Å². The summed E-state index contributed by atoms with van der Waals surface area (Å²) in [6.07, 6.45) is 0. The molecule has 0 aliphatic heterocycles. The van der Waals surface area contributed by atoms with Crippen molar-refractivity contribution in [2.75, 3.05) is 6.61 Å². The van der Waals surface area contributed by atoms with Gasteiger partial charge in [-0.15, -0.1) is 0 Å². The molecule has 1 rings (SSSR count). The molecule has 0 aliphatic rings. The van der Waals surface area contributed by atoms with Gasteiger partial charge in [-0.05, 0) is 31.2 Å². The zero-order valence-corrected chi connectivity index (χ0v) is 9.03. The number of hydrogen-bond acceptors (Lipinski definition) is 5. The maximum Gasteiger partial charge on any atom is 0.151 e. The summed E-state index contributed by atoms with van der Waals surface area (Å²) in [6.45, 7) is 2.52. The van der Waals surface area contributed by atoms with Gasteiger partial charge in [-0.25, -0.2) is 5.84 Å². The Kier molecular flexibility index (Phi) is 4.18. The molecule has 0 fully saturated rings. The first kappa shape index (κ1) is 11.9. The molecule has 0 saturated carbocycles. The molecule has 0 aromatic heterocycles. The third kappa shape index (κ3) is 2.65. The molecule has 0 atom stereocenters. The summed E-state index contributed by atoms with van der Waals surface area (Å²) in [5, 5.41) is 8.74. The minimum Gasteiger partial charge on any atom is -0.494 e.